The van der Waals surface area contributed by atoms with Crippen LogP contribution in [0.1, 0.15) is 26.7 Å². The molecule has 0 heterocycles. The summed E-state index contributed by atoms with van der Waals surface area (Å²) in [5.41, 5.74) is -1.02. The molecule has 0 aliphatic carbocycles. The molecule has 1 atom stereocenters. The molecule has 0 radical (unpaired) electrons. The Morgan fingerprint density at radius 3 is 2.47 bits per heavy atom. The lowest BCUT2D eigenvalue weighted by molar-refractivity contribution is -0.147. The monoisotopic (exact) mass is 277 g/mol. The lowest BCUT2D eigenvalue weighted by atomic mass is 10.0. The maximum Gasteiger partial charge on any atom is 0.326 e. The van der Waals surface area contributed by atoms with Gasteiger partial charge in [-0.2, -0.15) is 0 Å². The number of carbonyl (C=O) groups is 1. The highest BCUT2D eigenvalue weighted by Crippen LogP contribution is 2.05. The zero-order valence-electron chi connectivity index (χ0n) is 12.2. The van der Waals surface area contributed by atoms with Crippen LogP contribution in [0.2, 0.25) is 0 Å². The normalized spacial score (nSPS) is 14.3. The van der Waals surface area contributed by atoms with Crippen molar-refractivity contribution in [3.63, 3.8) is 0 Å². The summed E-state index contributed by atoms with van der Waals surface area (Å²) in [7, 11) is 1.63. The first-order valence-corrected chi connectivity index (χ1v) is 6.69. The van der Waals surface area contributed by atoms with Gasteiger partial charge in [0.25, 0.3) is 0 Å². The quantitative estimate of drug-likeness (QED) is 0.487. The molecular formula is C13H27NO5. The molecule has 0 aromatic rings. The van der Waals surface area contributed by atoms with E-state index in [0.717, 1.165) is 12.8 Å². The van der Waals surface area contributed by atoms with Crippen LogP contribution < -0.4 is 5.32 Å². The number of rotatable bonds is 13. The third-order valence-electron chi connectivity index (χ3n) is 2.64. The highest BCUT2D eigenvalue weighted by molar-refractivity contribution is 5.78. The molecule has 0 aliphatic heterocycles. The zero-order valence-corrected chi connectivity index (χ0v) is 12.2. The molecule has 0 amide bonds. The van der Waals surface area contributed by atoms with Gasteiger partial charge in [0.1, 0.15) is 5.54 Å². The van der Waals surface area contributed by atoms with Crippen LogP contribution in [0.5, 0.6) is 0 Å². The van der Waals surface area contributed by atoms with Crippen LogP contribution in [0.4, 0.5) is 0 Å². The summed E-state index contributed by atoms with van der Waals surface area (Å²) in [5, 5.41) is 12.2. The summed E-state index contributed by atoms with van der Waals surface area (Å²) in [6.45, 7) is 6.68. The van der Waals surface area contributed by atoms with E-state index in [1.54, 1.807) is 14.0 Å². The minimum absolute atomic E-state index is 0.153. The van der Waals surface area contributed by atoms with Gasteiger partial charge in [-0.1, -0.05) is 6.92 Å². The smallest absolute Gasteiger partial charge is 0.326 e. The molecule has 19 heavy (non-hydrogen) atoms. The van der Waals surface area contributed by atoms with E-state index in [1.807, 2.05) is 6.92 Å². The molecule has 0 saturated heterocycles. The molecule has 0 aromatic heterocycles. The maximum absolute atomic E-state index is 11.2. The number of nitrogens with one attached hydrogen (secondary N) is 1. The first-order chi connectivity index (χ1) is 9.06. The van der Waals surface area contributed by atoms with E-state index in [1.165, 1.54) is 0 Å². The fraction of sp³-hybridized carbons (Fsp3) is 0.923. The number of hydrogen-bond donors (Lipinski definition) is 2. The lowest BCUT2D eigenvalue weighted by Crippen LogP contribution is -2.53. The van der Waals surface area contributed by atoms with E-state index in [-0.39, 0.29) is 6.61 Å². The summed E-state index contributed by atoms with van der Waals surface area (Å²) in [5.74, 6) is -0.891. The van der Waals surface area contributed by atoms with Gasteiger partial charge in [0.2, 0.25) is 0 Å². The molecule has 0 spiro atoms. The molecule has 0 aromatic carbocycles. The van der Waals surface area contributed by atoms with E-state index in [0.29, 0.717) is 33.0 Å². The average Bonchev–Trinajstić information content (AvgIpc) is 2.39. The highest BCUT2D eigenvalue weighted by Gasteiger charge is 2.32. The molecule has 0 rings (SSSR count). The van der Waals surface area contributed by atoms with Crippen molar-refractivity contribution in [2.45, 2.75) is 32.2 Å². The van der Waals surface area contributed by atoms with Crippen LogP contribution in [-0.4, -0.2) is 63.3 Å². The number of carboxylic acids is 1. The summed E-state index contributed by atoms with van der Waals surface area (Å²) in [4.78, 5) is 11.2. The minimum atomic E-state index is -1.02. The lowest BCUT2D eigenvalue weighted by Gasteiger charge is -2.26. The van der Waals surface area contributed by atoms with Crippen molar-refractivity contribution in [1.29, 1.82) is 0 Å². The van der Waals surface area contributed by atoms with Crippen molar-refractivity contribution < 1.29 is 24.1 Å². The largest absolute Gasteiger partial charge is 0.480 e. The van der Waals surface area contributed by atoms with Gasteiger partial charge in [0.15, 0.2) is 0 Å². The predicted molar refractivity (Wildman–Crippen MR) is 72.5 cm³/mol. The topological polar surface area (TPSA) is 77.0 Å². The first kappa shape index (κ1) is 18.3. The summed E-state index contributed by atoms with van der Waals surface area (Å²) < 4.78 is 15.5. The Kier molecular flexibility index (Phi) is 10.8. The number of hydrogen-bond acceptors (Lipinski definition) is 5. The molecule has 6 nitrogen and oxygen atoms in total. The van der Waals surface area contributed by atoms with Gasteiger partial charge in [0, 0.05) is 20.3 Å². The Bertz CT molecular complexity index is 237. The predicted octanol–water partition coefficient (Wildman–Crippen LogP) is 0.899. The Balaban J connectivity index is 3.67. The van der Waals surface area contributed by atoms with E-state index >= 15 is 0 Å². The van der Waals surface area contributed by atoms with Gasteiger partial charge < -0.3 is 24.6 Å². The van der Waals surface area contributed by atoms with Crippen molar-refractivity contribution >= 4 is 5.97 Å². The maximum atomic E-state index is 11.2. The van der Waals surface area contributed by atoms with Crippen LogP contribution in [0.15, 0.2) is 0 Å². The molecule has 0 saturated carbocycles. The van der Waals surface area contributed by atoms with Crippen LogP contribution in [-0.2, 0) is 19.0 Å². The van der Waals surface area contributed by atoms with Gasteiger partial charge in [0.05, 0.1) is 19.8 Å². The highest BCUT2D eigenvalue weighted by atomic mass is 16.5. The minimum Gasteiger partial charge on any atom is -0.480 e. The third-order valence-corrected chi connectivity index (χ3v) is 2.64. The number of methoxy groups -OCH3 is 1. The van der Waals surface area contributed by atoms with Crippen molar-refractivity contribution in [2.24, 2.45) is 0 Å². The summed E-state index contributed by atoms with van der Waals surface area (Å²) in [6.07, 6.45) is 1.63. The van der Waals surface area contributed by atoms with Crippen LogP contribution in [0, 0.1) is 0 Å². The van der Waals surface area contributed by atoms with Crippen LogP contribution in [0.3, 0.4) is 0 Å². The second kappa shape index (κ2) is 11.2. The van der Waals surface area contributed by atoms with E-state index < -0.39 is 11.5 Å². The Morgan fingerprint density at radius 2 is 1.89 bits per heavy atom. The first-order valence-electron chi connectivity index (χ1n) is 6.69. The van der Waals surface area contributed by atoms with E-state index in [4.69, 9.17) is 14.2 Å². The van der Waals surface area contributed by atoms with Crippen molar-refractivity contribution in [3.05, 3.63) is 0 Å². The van der Waals surface area contributed by atoms with Gasteiger partial charge in [-0.3, -0.25) is 4.79 Å². The second-order valence-electron chi connectivity index (χ2n) is 4.58. The van der Waals surface area contributed by atoms with Gasteiger partial charge in [-0.15, -0.1) is 0 Å². The van der Waals surface area contributed by atoms with E-state index in [9.17, 15) is 9.90 Å². The summed E-state index contributed by atoms with van der Waals surface area (Å²) in [6, 6.07) is 0. The molecule has 1 unspecified atom stereocenters. The third kappa shape index (κ3) is 8.93. The van der Waals surface area contributed by atoms with Crippen molar-refractivity contribution in [2.75, 3.05) is 46.7 Å². The fourth-order valence-electron chi connectivity index (χ4n) is 1.37. The van der Waals surface area contributed by atoms with Crippen molar-refractivity contribution in [1.82, 2.24) is 5.32 Å². The number of carboxylic acid groups (broad SMARTS) is 1. The Morgan fingerprint density at radius 1 is 1.21 bits per heavy atom. The SMILES string of the molecule is CCCNC(C)(COCCCOCCOC)C(=O)O. The Hall–Kier alpha value is -0.690. The van der Waals surface area contributed by atoms with Gasteiger partial charge in [-0.05, 0) is 26.3 Å². The molecule has 6 heteroatoms. The number of aliphatic carboxylic acids is 1. The standard InChI is InChI=1S/C13H27NO5/c1-4-6-14-13(2,12(15)16)11-19-8-5-7-18-10-9-17-3/h14H,4-11H2,1-3H3,(H,15,16). The fourth-order valence-corrected chi connectivity index (χ4v) is 1.37. The molecule has 0 fully saturated rings. The molecule has 0 bridgehead atoms. The van der Waals surface area contributed by atoms with Crippen molar-refractivity contribution in [3.8, 4) is 0 Å². The molecule has 0 aliphatic rings. The van der Waals surface area contributed by atoms with E-state index in [2.05, 4.69) is 5.32 Å². The average molecular weight is 277 g/mol. The second-order valence-corrected chi connectivity index (χ2v) is 4.58. The van der Waals surface area contributed by atoms with Gasteiger partial charge >= 0.3 is 5.97 Å². The number of ether oxygens (including phenoxy) is 3. The molecule has 2 N–H and O–H groups in total. The Labute approximate surface area is 115 Å². The molecule has 114 valence electrons. The summed E-state index contributed by atoms with van der Waals surface area (Å²) >= 11 is 0. The van der Waals surface area contributed by atoms with Gasteiger partial charge in [-0.25, -0.2) is 0 Å². The molecular weight excluding hydrogens is 250 g/mol. The van der Waals surface area contributed by atoms with Crippen LogP contribution in [0.25, 0.3) is 0 Å². The zero-order chi connectivity index (χ0) is 14.6. The van der Waals surface area contributed by atoms with Crippen LogP contribution >= 0.6 is 0 Å².